The average molecular weight is 669 g/mol. The van der Waals surface area contributed by atoms with E-state index in [1.165, 1.54) is 54.4 Å². The van der Waals surface area contributed by atoms with E-state index >= 15 is 0 Å². The molecule has 3 aromatic carbocycles. The van der Waals surface area contributed by atoms with E-state index in [9.17, 15) is 36.3 Å². The molecule has 3 atom stereocenters. The molecule has 3 N–H and O–H groups in total. The van der Waals surface area contributed by atoms with Gasteiger partial charge in [0.1, 0.15) is 6.10 Å². The lowest BCUT2D eigenvalue weighted by Gasteiger charge is -2.38. The van der Waals surface area contributed by atoms with Crippen molar-refractivity contribution in [3.8, 4) is 5.75 Å². The summed E-state index contributed by atoms with van der Waals surface area (Å²) >= 11 is 5.93. The zero-order chi connectivity index (χ0) is 33.1. The van der Waals surface area contributed by atoms with Gasteiger partial charge < -0.3 is 25.4 Å². The highest BCUT2D eigenvalue weighted by Gasteiger charge is 2.36. The topological polar surface area (TPSA) is 128 Å². The maximum absolute atomic E-state index is 13.7. The number of hydrogen-bond donors (Lipinski definition) is 3. The number of amides is 3. The Labute approximate surface area is 263 Å². The molecule has 1 heterocycles. The van der Waals surface area contributed by atoms with Crippen molar-refractivity contribution >= 4 is 44.9 Å². The van der Waals surface area contributed by atoms with Crippen molar-refractivity contribution < 1.29 is 41.0 Å². The summed E-state index contributed by atoms with van der Waals surface area (Å²) in [7, 11) is -2.58. The summed E-state index contributed by atoms with van der Waals surface area (Å²) in [5.74, 6) is -0.965. The lowest BCUT2D eigenvalue weighted by Crippen LogP contribution is -2.50. The minimum absolute atomic E-state index is 0.0151. The maximum atomic E-state index is 13.7. The number of nitrogens with one attached hydrogen (secondary N) is 2. The molecule has 45 heavy (non-hydrogen) atoms. The zero-order valence-electron chi connectivity index (χ0n) is 24.5. The molecule has 0 saturated heterocycles. The van der Waals surface area contributed by atoms with Crippen LogP contribution in [0.3, 0.4) is 0 Å². The predicted octanol–water partition coefficient (Wildman–Crippen LogP) is 5.54. The Hall–Kier alpha value is -3.85. The van der Waals surface area contributed by atoms with E-state index in [1.807, 2.05) is 0 Å². The highest BCUT2D eigenvalue weighted by molar-refractivity contribution is 7.89. The number of rotatable bonds is 8. The molecule has 0 saturated carbocycles. The first kappa shape index (κ1) is 34.0. The molecular weight excluding hydrogens is 637 g/mol. The Balaban J connectivity index is 1.65. The van der Waals surface area contributed by atoms with Crippen LogP contribution in [0.15, 0.2) is 71.6 Å². The smallest absolute Gasteiger partial charge is 0.416 e. The number of aliphatic hydroxyl groups excluding tert-OH is 1. The van der Waals surface area contributed by atoms with Crippen molar-refractivity contribution in [2.45, 2.75) is 37.1 Å². The van der Waals surface area contributed by atoms with Gasteiger partial charge in [0.15, 0.2) is 5.75 Å². The summed E-state index contributed by atoms with van der Waals surface area (Å²) in [6.45, 7) is 3.09. The SMILES string of the molecule is C[C@@H]1CN([C@H](C)CO)C(=O)c2cccc(NC(=O)Nc3ccc(C(F)(F)F)cc3)c2O[C@@H]1CN(C)S(=O)(=O)c1ccc(Cl)cc1. The van der Waals surface area contributed by atoms with Crippen LogP contribution >= 0.6 is 11.6 Å². The number of aliphatic hydroxyl groups is 1. The van der Waals surface area contributed by atoms with Gasteiger partial charge in [0.2, 0.25) is 10.0 Å². The monoisotopic (exact) mass is 668 g/mol. The molecule has 4 rings (SSSR count). The summed E-state index contributed by atoms with van der Waals surface area (Å²) in [5, 5.41) is 15.3. The molecule has 3 amide bonds. The number of carbonyl (C=O) groups is 2. The lowest BCUT2D eigenvalue weighted by atomic mass is 9.99. The lowest BCUT2D eigenvalue weighted by molar-refractivity contribution is -0.137. The van der Waals surface area contributed by atoms with Crippen molar-refractivity contribution in [3.05, 3.63) is 82.9 Å². The van der Waals surface area contributed by atoms with Crippen LogP contribution in [-0.2, 0) is 16.2 Å². The number of alkyl halides is 3. The minimum Gasteiger partial charge on any atom is -0.486 e. The average Bonchev–Trinajstić information content (AvgIpc) is 2.98. The molecule has 0 bridgehead atoms. The van der Waals surface area contributed by atoms with Crippen LogP contribution in [-0.4, -0.2) is 73.6 Å². The highest BCUT2D eigenvalue weighted by Crippen LogP contribution is 2.36. The van der Waals surface area contributed by atoms with E-state index in [4.69, 9.17) is 16.3 Å². The number of benzene rings is 3. The standard InChI is InChI=1S/C30H32ClF3N4O6S/c1-18-15-38(19(2)17-39)28(40)24-5-4-6-25(36-29(41)35-22-11-7-20(8-12-22)30(32,33)34)27(24)44-26(18)16-37(3)45(42,43)23-13-9-21(31)10-14-23/h4-14,18-19,26,39H,15-17H2,1-3H3,(H2,35,36,41)/t18-,19-,26-/m1/s1. The number of likely N-dealkylation sites (N-methyl/N-ethyl adjacent to an activating group) is 1. The third-order valence-corrected chi connectivity index (χ3v) is 9.46. The van der Waals surface area contributed by atoms with Gasteiger partial charge in [-0.2, -0.15) is 17.5 Å². The fourth-order valence-corrected chi connectivity index (χ4v) is 6.03. The first-order chi connectivity index (χ1) is 21.1. The fourth-order valence-electron chi connectivity index (χ4n) is 4.72. The van der Waals surface area contributed by atoms with Crippen molar-refractivity contribution in [2.75, 3.05) is 37.4 Å². The first-order valence-electron chi connectivity index (χ1n) is 13.8. The van der Waals surface area contributed by atoms with E-state index in [0.29, 0.717) is 5.02 Å². The first-order valence-corrected chi connectivity index (χ1v) is 15.6. The van der Waals surface area contributed by atoms with Crippen LogP contribution in [0.25, 0.3) is 0 Å². The molecule has 15 heteroatoms. The van der Waals surface area contributed by atoms with Gasteiger partial charge >= 0.3 is 12.2 Å². The summed E-state index contributed by atoms with van der Waals surface area (Å²) in [4.78, 5) is 28.1. The molecule has 0 fully saturated rings. The molecule has 242 valence electrons. The van der Waals surface area contributed by atoms with E-state index in [-0.39, 0.29) is 47.3 Å². The molecule has 0 radical (unpaired) electrons. The van der Waals surface area contributed by atoms with Crippen molar-refractivity contribution in [2.24, 2.45) is 5.92 Å². The van der Waals surface area contributed by atoms with Crippen LogP contribution in [0.5, 0.6) is 5.75 Å². The summed E-state index contributed by atoms with van der Waals surface area (Å²) in [6.07, 6.45) is -5.37. The van der Waals surface area contributed by atoms with Gasteiger partial charge in [-0.25, -0.2) is 13.2 Å². The molecule has 0 spiro atoms. The second kappa shape index (κ2) is 13.6. The maximum Gasteiger partial charge on any atom is 0.416 e. The van der Waals surface area contributed by atoms with Gasteiger partial charge in [-0.3, -0.25) is 4.79 Å². The Kier molecular flexibility index (Phi) is 10.3. The van der Waals surface area contributed by atoms with E-state index in [2.05, 4.69) is 10.6 Å². The minimum atomic E-state index is -4.54. The Morgan fingerprint density at radius 3 is 2.36 bits per heavy atom. The number of para-hydroxylation sites is 1. The van der Waals surface area contributed by atoms with Gasteiger partial charge in [0, 0.05) is 30.2 Å². The number of halogens is 4. The quantitative estimate of drug-likeness (QED) is 0.289. The van der Waals surface area contributed by atoms with Crippen molar-refractivity contribution in [3.63, 3.8) is 0 Å². The second-order valence-electron chi connectivity index (χ2n) is 10.7. The van der Waals surface area contributed by atoms with Crippen LogP contribution in [0.2, 0.25) is 5.02 Å². The molecule has 0 unspecified atom stereocenters. The summed E-state index contributed by atoms with van der Waals surface area (Å²) in [6, 6.07) is 12.6. The number of ether oxygens (including phenoxy) is 1. The molecule has 3 aromatic rings. The Morgan fingerprint density at radius 1 is 1.11 bits per heavy atom. The van der Waals surface area contributed by atoms with Gasteiger partial charge in [-0.15, -0.1) is 0 Å². The van der Waals surface area contributed by atoms with Crippen molar-refractivity contribution in [1.29, 1.82) is 0 Å². The molecular formula is C30H32ClF3N4O6S. The third-order valence-electron chi connectivity index (χ3n) is 7.37. The van der Waals surface area contributed by atoms with Gasteiger partial charge in [-0.1, -0.05) is 24.6 Å². The number of sulfonamides is 1. The fraction of sp³-hybridized carbons (Fsp3) is 0.333. The number of carbonyl (C=O) groups excluding carboxylic acids is 2. The Bertz CT molecular complexity index is 1640. The van der Waals surface area contributed by atoms with Crippen LogP contribution in [0.1, 0.15) is 29.8 Å². The zero-order valence-corrected chi connectivity index (χ0v) is 26.1. The number of nitrogens with zero attached hydrogens (tertiary/aromatic N) is 2. The van der Waals surface area contributed by atoms with Gasteiger partial charge in [-0.05, 0) is 67.6 Å². The van der Waals surface area contributed by atoms with Crippen LogP contribution < -0.4 is 15.4 Å². The molecule has 0 aliphatic carbocycles. The molecule has 1 aliphatic heterocycles. The highest BCUT2D eigenvalue weighted by atomic mass is 35.5. The molecule has 1 aliphatic rings. The van der Waals surface area contributed by atoms with Gasteiger partial charge in [0.25, 0.3) is 5.91 Å². The third kappa shape index (κ3) is 7.87. The summed E-state index contributed by atoms with van der Waals surface area (Å²) < 4.78 is 73.0. The number of anilines is 2. The number of fused-ring (bicyclic) bond motifs is 1. The van der Waals surface area contributed by atoms with Crippen molar-refractivity contribution in [1.82, 2.24) is 9.21 Å². The number of hydrogen-bond acceptors (Lipinski definition) is 6. The van der Waals surface area contributed by atoms with E-state index < -0.39 is 51.8 Å². The molecule has 0 aromatic heterocycles. The Morgan fingerprint density at radius 2 is 1.76 bits per heavy atom. The van der Waals surface area contributed by atoms with Crippen LogP contribution in [0.4, 0.5) is 29.3 Å². The van der Waals surface area contributed by atoms with E-state index in [0.717, 1.165) is 28.6 Å². The van der Waals surface area contributed by atoms with Crippen LogP contribution in [0, 0.1) is 5.92 Å². The normalized spacial score (nSPS) is 18.0. The van der Waals surface area contributed by atoms with Gasteiger partial charge in [0.05, 0.1) is 40.9 Å². The second-order valence-corrected chi connectivity index (χ2v) is 13.2. The number of urea groups is 1. The summed E-state index contributed by atoms with van der Waals surface area (Å²) in [5.41, 5.74) is -0.679. The predicted molar refractivity (Wildman–Crippen MR) is 163 cm³/mol. The van der Waals surface area contributed by atoms with E-state index in [1.54, 1.807) is 13.8 Å². The largest absolute Gasteiger partial charge is 0.486 e. The molecule has 10 nitrogen and oxygen atoms in total.